The second-order valence-electron chi connectivity index (χ2n) is 6.69. The zero-order valence-electron chi connectivity index (χ0n) is 12.9. The van der Waals surface area contributed by atoms with Crippen molar-refractivity contribution in [3.05, 3.63) is 0 Å². The molecule has 0 aromatic heterocycles. The zero-order chi connectivity index (χ0) is 14.0. The molecule has 110 valence electrons. The molecule has 1 N–H and O–H groups in total. The smallest absolute Gasteiger partial charge is 0.236 e. The van der Waals surface area contributed by atoms with Crippen LogP contribution in [-0.2, 0) is 4.79 Å². The summed E-state index contributed by atoms with van der Waals surface area (Å²) in [5.41, 5.74) is 0. The number of likely N-dealkylation sites (tertiary alicyclic amines) is 1. The number of fused-ring (bicyclic) bond motifs is 2. The molecule has 0 aromatic carbocycles. The van der Waals surface area contributed by atoms with E-state index >= 15 is 0 Å². The van der Waals surface area contributed by atoms with Crippen LogP contribution in [0.25, 0.3) is 0 Å². The molecule has 1 aliphatic heterocycles. The van der Waals surface area contributed by atoms with Crippen LogP contribution >= 0.6 is 0 Å². The minimum Gasteiger partial charge on any atom is -0.348 e. The van der Waals surface area contributed by atoms with Crippen molar-refractivity contribution in [1.82, 2.24) is 15.1 Å². The number of hydrogen-bond acceptors (Lipinski definition) is 3. The van der Waals surface area contributed by atoms with E-state index in [1.165, 1.54) is 32.4 Å². The van der Waals surface area contributed by atoms with Crippen LogP contribution in [-0.4, -0.2) is 61.5 Å². The van der Waals surface area contributed by atoms with Gasteiger partial charge in [-0.25, -0.2) is 0 Å². The molecule has 1 heterocycles. The topological polar surface area (TPSA) is 35.6 Å². The highest BCUT2D eigenvalue weighted by Gasteiger charge is 2.39. The number of likely N-dealkylation sites (N-methyl/N-ethyl adjacent to an activating group) is 1. The van der Waals surface area contributed by atoms with E-state index in [-0.39, 0.29) is 5.91 Å². The summed E-state index contributed by atoms with van der Waals surface area (Å²) in [7, 11) is 3.65. The SMILES string of the molecule is CC(C)N1CC2CCCC(C1)C2NCC(=O)N(C)C. The first kappa shape index (κ1) is 14.8. The lowest BCUT2D eigenvalue weighted by atomic mass is 9.73. The predicted molar refractivity (Wildman–Crippen MR) is 78.0 cm³/mol. The Balaban J connectivity index is 1.93. The Morgan fingerprint density at radius 3 is 2.32 bits per heavy atom. The van der Waals surface area contributed by atoms with Gasteiger partial charge in [0.05, 0.1) is 6.54 Å². The molecule has 0 aromatic rings. The second kappa shape index (κ2) is 6.23. The van der Waals surface area contributed by atoms with Gasteiger partial charge in [0.2, 0.25) is 5.91 Å². The standard InChI is InChI=1S/C15H29N3O/c1-11(2)18-9-12-6-5-7-13(10-18)15(12)16-8-14(19)17(3)4/h11-13,15-16H,5-10H2,1-4H3. The van der Waals surface area contributed by atoms with Gasteiger partial charge in [-0.3, -0.25) is 4.79 Å². The normalized spacial score (nSPS) is 31.5. The number of piperidine rings is 1. The average Bonchev–Trinajstić information content (AvgIpc) is 2.34. The fraction of sp³-hybridized carbons (Fsp3) is 0.933. The van der Waals surface area contributed by atoms with Crippen molar-refractivity contribution in [3.8, 4) is 0 Å². The van der Waals surface area contributed by atoms with Crippen LogP contribution in [0.3, 0.4) is 0 Å². The Morgan fingerprint density at radius 2 is 1.84 bits per heavy atom. The van der Waals surface area contributed by atoms with Gasteiger partial charge in [0.15, 0.2) is 0 Å². The van der Waals surface area contributed by atoms with Gasteiger partial charge in [0.25, 0.3) is 0 Å². The number of amides is 1. The van der Waals surface area contributed by atoms with E-state index in [4.69, 9.17) is 0 Å². The molecule has 2 fully saturated rings. The molecule has 1 saturated carbocycles. The Kier molecular flexibility index (Phi) is 4.85. The number of nitrogens with zero attached hydrogens (tertiary/aromatic N) is 2. The van der Waals surface area contributed by atoms with Crippen molar-refractivity contribution >= 4 is 5.91 Å². The van der Waals surface area contributed by atoms with E-state index < -0.39 is 0 Å². The maximum Gasteiger partial charge on any atom is 0.236 e. The first-order chi connectivity index (χ1) is 8.99. The highest BCUT2D eigenvalue weighted by atomic mass is 16.2. The Labute approximate surface area is 117 Å². The number of hydrogen-bond donors (Lipinski definition) is 1. The molecule has 4 nitrogen and oxygen atoms in total. The van der Waals surface area contributed by atoms with Crippen LogP contribution in [0.2, 0.25) is 0 Å². The van der Waals surface area contributed by atoms with Crippen LogP contribution in [0, 0.1) is 11.8 Å². The third kappa shape index (κ3) is 3.48. The van der Waals surface area contributed by atoms with Crippen molar-refractivity contribution < 1.29 is 4.79 Å². The first-order valence-electron chi connectivity index (χ1n) is 7.66. The average molecular weight is 267 g/mol. The summed E-state index contributed by atoms with van der Waals surface area (Å²) in [6.45, 7) is 7.47. The van der Waals surface area contributed by atoms with E-state index in [9.17, 15) is 4.79 Å². The van der Waals surface area contributed by atoms with Crippen molar-refractivity contribution in [2.24, 2.45) is 11.8 Å². The molecule has 0 spiro atoms. The summed E-state index contributed by atoms with van der Waals surface area (Å²) in [6, 6.07) is 1.19. The first-order valence-corrected chi connectivity index (χ1v) is 7.66. The third-order valence-corrected chi connectivity index (χ3v) is 4.82. The van der Waals surface area contributed by atoms with Gasteiger partial charge >= 0.3 is 0 Å². The molecule has 19 heavy (non-hydrogen) atoms. The van der Waals surface area contributed by atoms with Crippen LogP contribution < -0.4 is 5.32 Å². The quantitative estimate of drug-likeness (QED) is 0.830. The van der Waals surface area contributed by atoms with Gasteiger partial charge in [-0.1, -0.05) is 6.42 Å². The number of carbonyl (C=O) groups excluding carboxylic acids is 1. The molecule has 2 unspecified atom stereocenters. The zero-order valence-corrected chi connectivity index (χ0v) is 12.9. The number of rotatable bonds is 4. The van der Waals surface area contributed by atoms with Crippen LogP contribution in [0.15, 0.2) is 0 Å². The summed E-state index contributed by atoms with van der Waals surface area (Å²) in [5.74, 6) is 1.64. The van der Waals surface area contributed by atoms with E-state index in [0.29, 0.717) is 18.6 Å². The van der Waals surface area contributed by atoms with Gasteiger partial charge in [-0.2, -0.15) is 0 Å². The van der Waals surface area contributed by atoms with Crippen molar-refractivity contribution in [2.45, 2.75) is 45.2 Å². The highest BCUT2D eigenvalue weighted by Crippen LogP contribution is 2.35. The second-order valence-corrected chi connectivity index (χ2v) is 6.69. The van der Waals surface area contributed by atoms with Crippen molar-refractivity contribution in [2.75, 3.05) is 33.7 Å². The molecule has 0 radical (unpaired) electrons. The summed E-state index contributed by atoms with van der Waals surface area (Å²) >= 11 is 0. The Hall–Kier alpha value is -0.610. The van der Waals surface area contributed by atoms with E-state index in [2.05, 4.69) is 24.1 Å². The fourth-order valence-electron chi connectivity index (χ4n) is 3.59. The third-order valence-electron chi connectivity index (χ3n) is 4.82. The molecular weight excluding hydrogens is 238 g/mol. The van der Waals surface area contributed by atoms with Gasteiger partial charge in [-0.05, 0) is 38.5 Å². The van der Waals surface area contributed by atoms with Gasteiger partial charge in [-0.15, -0.1) is 0 Å². The molecule has 1 saturated heterocycles. The maximum absolute atomic E-state index is 11.7. The van der Waals surface area contributed by atoms with Gasteiger partial charge in [0, 0.05) is 39.3 Å². The summed E-state index contributed by atoms with van der Waals surface area (Å²) in [5, 5.41) is 3.55. The summed E-state index contributed by atoms with van der Waals surface area (Å²) in [6.07, 6.45) is 3.99. The minimum absolute atomic E-state index is 0.185. The molecule has 2 atom stereocenters. The van der Waals surface area contributed by atoms with Crippen molar-refractivity contribution in [1.29, 1.82) is 0 Å². The van der Waals surface area contributed by atoms with Crippen LogP contribution in [0.5, 0.6) is 0 Å². The van der Waals surface area contributed by atoms with Gasteiger partial charge in [0.1, 0.15) is 0 Å². The molecule has 2 aliphatic rings. The lowest BCUT2D eigenvalue weighted by molar-refractivity contribution is -0.128. The van der Waals surface area contributed by atoms with E-state index in [1.54, 1.807) is 4.90 Å². The van der Waals surface area contributed by atoms with E-state index in [1.807, 2.05) is 14.1 Å². The largest absolute Gasteiger partial charge is 0.348 e. The molecule has 2 bridgehead atoms. The summed E-state index contributed by atoms with van der Waals surface area (Å²) < 4.78 is 0. The number of carbonyl (C=O) groups is 1. The lowest BCUT2D eigenvalue weighted by Crippen LogP contribution is -2.59. The molecule has 1 amide bonds. The monoisotopic (exact) mass is 267 g/mol. The predicted octanol–water partition coefficient (Wildman–Crippen LogP) is 1.17. The Morgan fingerprint density at radius 1 is 1.26 bits per heavy atom. The lowest BCUT2D eigenvalue weighted by Gasteiger charge is -2.49. The minimum atomic E-state index is 0.185. The summed E-state index contributed by atoms with van der Waals surface area (Å²) in [4.78, 5) is 16.0. The molecular formula is C15H29N3O. The van der Waals surface area contributed by atoms with Crippen molar-refractivity contribution in [3.63, 3.8) is 0 Å². The molecule has 4 heteroatoms. The molecule has 1 aliphatic carbocycles. The number of nitrogens with one attached hydrogen (secondary N) is 1. The highest BCUT2D eigenvalue weighted by molar-refractivity contribution is 5.77. The van der Waals surface area contributed by atoms with Crippen LogP contribution in [0.1, 0.15) is 33.1 Å². The maximum atomic E-state index is 11.7. The fourth-order valence-corrected chi connectivity index (χ4v) is 3.59. The van der Waals surface area contributed by atoms with Gasteiger partial charge < -0.3 is 15.1 Å². The van der Waals surface area contributed by atoms with Crippen LogP contribution in [0.4, 0.5) is 0 Å². The molecule has 2 rings (SSSR count). The Bertz CT molecular complexity index is 303. The van der Waals surface area contributed by atoms with E-state index in [0.717, 1.165) is 11.8 Å².